The fourth-order valence-electron chi connectivity index (χ4n) is 1.29. The van der Waals surface area contributed by atoms with Gasteiger partial charge in [0.2, 0.25) is 0 Å². The molecule has 0 amide bonds. The smallest absolute Gasteiger partial charge is 0.00766 e. The molecule has 0 spiro atoms. The van der Waals surface area contributed by atoms with Crippen LogP contribution in [0.1, 0.15) is 20.3 Å². The molecule has 0 saturated heterocycles. The maximum absolute atomic E-state index is 5.66. The van der Waals surface area contributed by atoms with Crippen molar-refractivity contribution in [1.82, 2.24) is 0 Å². The van der Waals surface area contributed by atoms with E-state index in [-0.39, 0.29) is 0 Å². The second-order valence-corrected chi connectivity index (χ2v) is 2.95. The molecule has 0 aromatic carbocycles. The monoisotopic (exact) mass is 125 g/mol. The molecule has 1 fully saturated rings. The van der Waals surface area contributed by atoms with Crippen molar-refractivity contribution >= 4 is 0 Å². The fourth-order valence-corrected chi connectivity index (χ4v) is 1.29. The Morgan fingerprint density at radius 1 is 1.67 bits per heavy atom. The van der Waals surface area contributed by atoms with Gasteiger partial charge in [-0.15, -0.1) is 0 Å². The molecule has 1 aliphatic carbocycles. The largest absolute Gasteiger partial charge is 0.327 e. The predicted octanol–water partition coefficient (Wildman–Crippen LogP) is 1.55. The highest BCUT2D eigenvalue weighted by Crippen LogP contribution is 2.35. The normalized spacial score (nSPS) is 37.2. The first-order valence-corrected chi connectivity index (χ1v) is 3.64. The van der Waals surface area contributed by atoms with E-state index in [4.69, 9.17) is 5.73 Å². The molecule has 1 aliphatic rings. The summed E-state index contributed by atoms with van der Waals surface area (Å²) in [5, 5.41) is 0. The molecule has 0 radical (unpaired) electrons. The van der Waals surface area contributed by atoms with Crippen molar-refractivity contribution in [3.8, 4) is 0 Å². The summed E-state index contributed by atoms with van der Waals surface area (Å²) < 4.78 is 0. The highest BCUT2D eigenvalue weighted by molar-refractivity contribution is 5.00. The predicted molar refractivity (Wildman–Crippen MR) is 40.1 cm³/mol. The van der Waals surface area contributed by atoms with Crippen molar-refractivity contribution in [2.45, 2.75) is 26.3 Å². The van der Waals surface area contributed by atoms with Crippen molar-refractivity contribution in [3.05, 3.63) is 12.2 Å². The van der Waals surface area contributed by atoms with Gasteiger partial charge >= 0.3 is 0 Å². The average molecular weight is 125 g/mol. The van der Waals surface area contributed by atoms with Crippen molar-refractivity contribution in [1.29, 1.82) is 0 Å². The third-order valence-electron chi connectivity index (χ3n) is 2.06. The molecular weight excluding hydrogens is 110 g/mol. The van der Waals surface area contributed by atoms with Crippen molar-refractivity contribution < 1.29 is 0 Å². The average Bonchev–Trinajstić information content (AvgIpc) is 2.47. The molecule has 52 valence electrons. The van der Waals surface area contributed by atoms with Gasteiger partial charge < -0.3 is 5.73 Å². The van der Waals surface area contributed by atoms with Crippen LogP contribution < -0.4 is 5.73 Å². The third-order valence-corrected chi connectivity index (χ3v) is 2.06. The zero-order chi connectivity index (χ0) is 6.85. The van der Waals surface area contributed by atoms with E-state index in [2.05, 4.69) is 26.0 Å². The molecule has 0 heterocycles. The molecule has 3 atom stereocenters. The van der Waals surface area contributed by atoms with Crippen molar-refractivity contribution in [2.75, 3.05) is 0 Å². The summed E-state index contributed by atoms with van der Waals surface area (Å²) in [6.07, 6.45) is 5.57. The van der Waals surface area contributed by atoms with E-state index >= 15 is 0 Å². The Hall–Kier alpha value is -0.300. The number of hydrogen-bond acceptors (Lipinski definition) is 1. The van der Waals surface area contributed by atoms with Crippen molar-refractivity contribution in [3.63, 3.8) is 0 Å². The van der Waals surface area contributed by atoms with E-state index in [1.807, 2.05) is 0 Å². The second-order valence-electron chi connectivity index (χ2n) is 2.95. The summed E-state index contributed by atoms with van der Waals surface area (Å²) in [5.74, 6) is 1.48. The number of nitrogens with two attached hydrogens (primary N) is 1. The van der Waals surface area contributed by atoms with Crippen molar-refractivity contribution in [2.24, 2.45) is 17.6 Å². The molecule has 0 aliphatic heterocycles. The molecule has 2 N–H and O–H groups in total. The molecule has 0 aromatic heterocycles. The maximum atomic E-state index is 5.66. The Balaban J connectivity index is 2.27. The van der Waals surface area contributed by atoms with E-state index in [0.717, 1.165) is 5.92 Å². The summed E-state index contributed by atoms with van der Waals surface area (Å²) in [4.78, 5) is 0. The SMILES string of the molecule is C/C=C\C(C)C1CC1N. The lowest BCUT2D eigenvalue weighted by Gasteiger charge is -2.00. The summed E-state index contributed by atoms with van der Waals surface area (Å²) >= 11 is 0. The van der Waals surface area contributed by atoms with Gasteiger partial charge in [-0.3, -0.25) is 0 Å². The van der Waals surface area contributed by atoms with E-state index in [0.29, 0.717) is 12.0 Å². The highest BCUT2D eigenvalue weighted by Gasteiger charge is 2.36. The number of rotatable bonds is 2. The zero-order valence-corrected chi connectivity index (χ0v) is 6.17. The van der Waals surface area contributed by atoms with Crippen LogP contribution in [-0.2, 0) is 0 Å². The molecule has 0 bridgehead atoms. The lowest BCUT2D eigenvalue weighted by atomic mass is 10.1. The van der Waals surface area contributed by atoms with Gasteiger partial charge in [-0.2, -0.15) is 0 Å². The van der Waals surface area contributed by atoms with E-state index in [1.165, 1.54) is 6.42 Å². The number of hydrogen-bond donors (Lipinski definition) is 1. The minimum atomic E-state index is 0.496. The molecule has 0 aromatic rings. The summed E-state index contributed by atoms with van der Waals surface area (Å²) in [7, 11) is 0. The van der Waals surface area contributed by atoms with Gasteiger partial charge in [0.25, 0.3) is 0 Å². The minimum absolute atomic E-state index is 0.496. The van der Waals surface area contributed by atoms with E-state index in [9.17, 15) is 0 Å². The Labute approximate surface area is 56.9 Å². The second kappa shape index (κ2) is 2.53. The summed E-state index contributed by atoms with van der Waals surface area (Å²) in [5.41, 5.74) is 5.66. The molecule has 9 heavy (non-hydrogen) atoms. The molecule has 1 heteroatoms. The van der Waals surface area contributed by atoms with Gasteiger partial charge in [0.1, 0.15) is 0 Å². The van der Waals surface area contributed by atoms with Crippen LogP contribution in [0.15, 0.2) is 12.2 Å². The lowest BCUT2D eigenvalue weighted by Crippen LogP contribution is -2.06. The van der Waals surface area contributed by atoms with E-state index < -0.39 is 0 Å². The van der Waals surface area contributed by atoms with E-state index in [1.54, 1.807) is 0 Å². The Morgan fingerprint density at radius 3 is 2.56 bits per heavy atom. The fraction of sp³-hybridized carbons (Fsp3) is 0.750. The minimum Gasteiger partial charge on any atom is -0.327 e. The summed E-state index contributed by atoms with van der Waals surface area (Å²) in [6.45, 7) is 4.29. The Kier molecular flexibility index (Phi) is 1.91. The molecule has 3 unspecified atom stereocenters. The van der Waals surface area contributed by atoms with Crippen LogP contribution in [0.3, 0.4) is 0 Å². The standard InChI is InChI=1S/C8H15N/c1-3-4-6(2)7-5-8(7)9/h3-4,6-8H,5,9H2,1-2H3/b4-3-. The maximum Gasteiger partial charge on any atom is 0.00766 e. The Morgan fingerprint density at radius 2 is 2.22 bits per heavy atom. The topological polar surface area (TPSA) is 26.0 Å². The van der Waals surface area contributed by atoms with Gasteiger partial charge in [0.05, 0.1) is 0 Å². The third kappa shape index (κ3) is 1.55. The molecule has 1 rings (SSSR count). The van der Waals surface area contributed by atoms with Crippen LogP contribution in [0, 0.1) is 11.8 Å². The number of allylic oxidation sites excluding steroid dienone is 2. The van der Waals surface area contributed by atoms with Gasteiger partial charge in [0.15, 0.2) is 0 Å². The zero-order valence-electron chi connectivity index (χ0n) is 6.17. The highest BCUT2D eigenvalue weighted by atomic mass is 14.7. The first-order valence-electron chi connectivity index (χ1n) is 3.64. The van der Waals surface area contributed by atoms with Gasteiger partial charge in [-0.25, -0.2) is 0 Å². The van der Waals surface area contributed by atoms with Gasteiger partial charge in [-0.1, -0.05) is 19.1 Å². The van der Waals surface area contributed by atoms with Crippen LogP contribution in [-0.4, -0.2) is 6.04 Å². The first kappa shape index (κ1) is 6.81. The quantitative estimate of drug-likeness (QED) is 0.557. The molecule has 1 nitrogen and oxygen atoms in total. The van der Waals surface area contributed by atoms with Crippen LogP contribution in [0.25, 0.3) is 0 Å². The molecular formula is C8H15N. The summed E-state index contributed by atoms with van der Waals surface area (Å²) in [6, 6.07) is 0.496. The first-order chi connectivity index (χ1) is 4.25. The van der Waals surface area contributed by atoms with Gasteiger partial charge in [-0.05, 0) is 25.2 Å². The van der Waals surface area contributed by atoms with Crippen LogP contribution in [0.4, 0.5) is 0 Å². The van der Waals surface area contributed by atoms with Gasteiger partial charge in [0, 0.05) is 6.04 Å². The van der Waals surface area contributed by atoms with Crippen LogP contribution >= 0.6 is 0 Å². The lowest BCUT2D eigenvalue weighted by molar-refractivity contribution is 0.606. The molecule has 1 saturated carbocycles. The van der Waals surface area contributed by atoms with Crippen LogP contribution in [0.5, 0.6) is 0 Å². The van der Waals surface area contributed by atoms with Crippen LogP contribution in [0.2, 0.25) is 0 Å². The Bertz CT molecular complexity index is 118.